The predicted octanol–water partition coefficient (Wildman–Crippen LogP) is 3.58. The molecule has 2 aromatic carbocycles. The fraction of sp³-hybridized carbons (Fsp3) is 0.455. The molecule has 28 heavy (non-hydrogen) atoms. The third-order valence-electron chi connectivity index (χ3n) is 6.62. The molecule has 1 heterocycles. The number of benzene rings is 2. The van der Waals surface area contributed by atoms with Gasteiger partial charge in [0.15, 0.2) is 0 Å². The van der Waals surface area contributed by atoms with E-state index in [1.807, 2.05) is 36.4 Å². The van der Waals surface area contributed by atoms with Gasteiger partial charge in [-0.3, -0.25) is 0 Å². The highest BCUT2D eigenvalue weighted by atomic mass is 35.5. The number of halogens is 1. The molecule has 0 spiro atoms. The molecule has 1 aliphatic carbocycles. The molecule has 2 N–H and O–H groups in total. The van der Waals surface area contributed by atoms with E-state index in [2.05, 4.69) is 24.0 Å². The average molecular weight is 419 g/mol. The Bertz CT molecular complexity index is 964. The van der Waals surface area contributed by atoms with E-state index in [4.69, 9.17) is 16.7 Å². The molecule has 2 aliphatic rings. The number of nitrogens with zero attached hydrogens (tertiary/aromatic N) is 1. The number of rotatable bonds is 7. The maximum absolute atomic E-state index is 11.4. The quantitative estimate of drug-likeness (QED) is 0.747. The third-order valence-corrected chi connectivity index (χ3v) is 7.73. The summed E-state index contributed by atoms with van der Waals surface area (Å²) in [5, 5.41) is 6.07. The second-order valence-corrected chi connectivity index (χ2v) is 10.5. The zero-order valence-electron chi connectivity index (χ0n) is 16.1. The van der Waals surface area contributed by atoms with E-state index >= 15 is 0 Å². The Morgan fingerprint density at radius 1 is 1.14 bits per heavy atom. The van der Waals surface area contributed by atoms with E-state index in [9.17, 15) is 8.42 Å². The van der Waals surface area contributed by atoms with Crippen molar-refractivity contribution < 1.29 is 8.42 Å². The molecule has 2 aromatic rings. The van der Waals surface area contributed by atoms with E-state index in [0.717, 1.165) is 43.1 Å². The SMILES string of the molecule is CC1(c2cccc(CS(N)(=O)=O)c2)C2CN(CCCc3ccccc3Cl)CC21. The number of sulfonamides is 1. The van der Waals surface area contributed by atoms with Gasteiger partial charge in [-0.15, -0.1) is 0 Å². The smallest absolute Gasteiger partial charge is 0.213 e. The molecule has 0 bridgehead atoms. The van der Waals surface area contributed by atoms with Crippen LogP contribution in [0, 0.1) is 11.8 Å². The molecule has 0 radical (unpaired) electrons. The van der Waals surface area contributed by atoms with Crippen molar-refractivity contribution in [1.29, 1.82) is 0 Å². The fourth-order valence-corrected chi connectivity index (χ4v) is 5.87. The molecular formula is C22H27ClN2O2S. The van der Waals surface area contributed by atoms with E-state index in [0.29, 0.717) is 11.8 Å². The standard InChI is InChI=1S/C22H27ClN2O2S/c1-22(18-9-4-6-16(12-18)15-28(24,26)27)19-13-25(14-20(19)22)11-5-8-17-7-2-3-10-21(17)23/h2-4,6-7,9-10,12,19-20H,5,8,11,13-15H2,1H3,(H2,24,26,27). The highest BCUT2D eigenvalue weighted by Gasteiger charge is 2.65. The Morgan fingerprint density at radius 2 is 1.86 bits per heavy atom. The zero-order valence-corrected chi connectivity index (χ0v) is 17.7. The lowest BCUT2D eigenvalue weighted by Crippen LogP contribution is -2.30. The maximum Gasteiger partial charge on any atom is 0.213 e. The summed E-state index contributed by atoms with van der Waals surface area (Å²) in [5.41, 5.74) is 3.42. The number of likely N-dealkylation sites (tertiary alicyclic amines) is 1. The van der Waals surface area contributed by atoms with Crippen LogP contribution in [0.1, 0.15) is 30.0 Å². The Kier molecular flexibility index (Phi) is 5.29. The van der Waals surface area contributed by atoms with Gasteiger partial charge in [-0.2, -0.15) is 0 Å². The molecule has 2 fully saturated rings. The van der Waals surface area contributed by atoms with Gasteiger partial charge in [0.25, 0.3) is 0 Å². The molecule has 6 heteroatoms. The molecule has 1 aliphatic heterocycles. The summed E-state index contributed by atoms with van der Waals surface area (Å²) in [6, 6.07) is 16.0. The van der Waals surface area contributed by atoms with Gasteiger partial charge in [-0.05, 0) is 54.0 Å². The van der Waals surface area contributed by atoms with Crippen molar-refractivity contribution in [2.45, 2.75) is 30.9 Å². The topological polar surface area (TPSA) is 63.4 Å². The fourth-order valence-electron chi connectivity index (χ4n) is 5.00. The number of nitrogens with two attached hydrogens (primary N) is 1. The van der Waals surface area contributed by atoms with Crippen LogP contribution < -0.4 is 5.14 Å². The number of hydrogen-bond donors (Lipinski definition) is 1. The molecule has 0 amide bonds. The lowest BCUT2D eigenvalue weighted by atomic mass is 9.91. The van der Waals surface area contributed by atoms with E-state index in [1.165, 1.54) is 11.1 Å². The van der Waals surface area contributed by atoms with Gasteiger partial charge in [0.05, 0.1) is 5.75 Å². The minimum atomic E-state index is -3.50. The minimum Gasteiger partial charge on any atom is -0.303 e. The highest BCUT2D eigenvalue weighted by molar-refractivity contribution is 7.88. The summed E-state index contributed by atoms with van der Waals surface area (Å²) in [5.74, 6) is 1.20. The molecule has 0 aromatic heterocycles. The summed E-state index contributed by atoms with van der Waals surface area (Å²) in [6.07, 6.45) is 2.13. The molecule has 2 atom stereocenters. The first-order valence-corrected chi connectivity index (χ1v) is 11.9. The number of primary sulfonamides is 1. The van der Waals surface area contributed by atoms with Crippen LogP contribution in [0.3, 0.4) is 0 Å². The van der Waals surface area contributed by atoms with Crippen molar-refractivity contribution in [3.05, 3.63) is 70.2 Å². The lowest BCUT2D eigenvalue weighted by molar-refractivity contribution is 0.274. The zero-order chi connectivity index (χ0) is 19.9. The van der Waals surface area contributed by atoms with Gasteiger partial charge in [0.1, 0.15) is 0 Å². The van der Waals surface area contributed by atoms with Crippen molar-refractivity contribution in [2.24, 2.45) is 17.0 Å². The normalized spacial score (nSPS) is 27.0. The minimum absolute atomic E-state index is 0.0968. The van der Waals surface area contributed by atoms with Crippen LogP contribution in [0.5, 0.6) is 0 Å². The number of piperidine rings is 1. The number of fused-ring (bicyclic) bond motifs is 1. The van der Waals surface area contributed by atoms with Crippen LogP contribution in [0.4, 0.5) is 0 Å². The van der Waals surface area contributed by atoms with Gasteiger partial charge >= 0.3 is 0 Å². The predicted molar refractivity (Wildman–Crippen MR) is 114 cm³/mol. The van der Waals surface area contributed by atoms with Crippen molar-refractivity contribution in [3.63, 3.8) is 0 Å². The largest absolute Gasteiger partial charge is 0.303 e. The second-order valence-electron chi connectivity index (χ2n) is 8.46. The Morgan fingerprint density at radius 3 is 2.54 bits per heavy atom. The lowest BCUT2D eigenvalue weighted by Gasteiger charge is -2.24. The first-order chi connectivity index (χ1) is 13.3. The van der Waals surface area contributed by atoms with E-state index in [-0.39, 0.29) is 11.2 Å². The Labute approximate surface area is 172 Å². The molecule has 1 saturated carbocycles. The molecular weight excluding hydrogens is 392 g/mol. The molecule has 150 valence electrons. The Balaban J connectivity index is 1.33. The first-order valence-electron chi connectivity index (χ1n) is 9.83. The highest BCUT2D eigenvalue weighted by Crippen LogP contribution is 2.63. The van der Waals surface area contributed by atoms with Gasteiger partial charge in [-0.25, -0.2) is 13.6 Å². The van der Waals surface area contributed by atoms with Gasteiger partial charge in [-0.1, -0.05) is 61.0 Å². The number of aryl methyl sites for hydroxylation is 1. The summed E-state index contributed by atoms with van der Waals surface area (Å²) in [4.78, 5) is 2.56. The second kappa shape index (κ2) is 7.45. The van der Waals surface area contributed by atoms with Crippen molar-refractivity contribution in [3.8, 4) is 0 Å². The van der Waals surface area contributed by atoms with Gasteiger partial charge in [0, 0.05) is 23.5 Å². The number of hydrogen-bond acceptors (Lipinski definition) is 3. The first kappa shape index (κ1) is 19.9. The van der Waals surface area contributed by atoms with Crippen LogP contribution in [-0.2, 0) is 27.6 Å². The Hall–Kier alpha value is -1.40. The van der Waals surface area contributed by atoms with Crippen molar-refractivity contribution in [2.75, 3.05) is 19.6 Å². The van der Waals surface area contributed by atoms with E-state index < -0.39 is 10.0 Å². The van der Waals surface area contributed by atoms with Crippen LogP contribution in [0.2, 0.25) is 5.02 Å². The van der Waals surface area contributed by atoms with Crippen molar-refractivity contribution >= 4 is 21.6 Å². The van der Waals surface area contributed by atoms with Crippen LogP contribution in [-0.4, -0.2) is 33.0 Å². The van der Waals surface area contributed by atoms with Gasteiger partial charge in [0.2, 0.25) is 10.0 Å². The van der Waals surface area contributed by atoms with Gasteiger partial charge < -0.3 is 4.90 Å². The molecule has 4 rings (SSSR count). The maximum atomic E-state index is 11.4. The summed E-state index contributed by atoms with van der Waals surface area (Å²) < 4.78 is 22.8. The molecule has 4 nitrogen and oxygen atoms in total. The third kappa shape index (κ3) is 3.99. The van der Waals surface area contributed by atoms with Crippen LogP contribution in [0.15, 0.2) is 48.5 Å². The summed E-state index contributed by atoms with van der Waals surface area (Å²) in [6.45, 7) is 5.64. The average Bonchev–Trinajstić information content (AvgIpc) is 2.99. The van der Waals surface area contributed by atoms with Crippen LogP contribution in [0.25, 0.3) is 0 Å². The van der Waals surface area contributed by atoms with Crippen LogP contribution >= 0.6 is 11.6 Å². The molecule has 1 saturated heterocycles. The molecule has 2 unspecified atom stereocenters. The van der Waals surface area contributed by atoms with E-state index in [1.54, 1.807) is 0 Å². The summed E-state index contributed by atoms with van der Waals surface area (Å²) in [7, 11) is -3.50. The van der Waals surface area contributed by atoms with Crippen molar-refractivity contribution in [1.82, 2.24) is 4.90 Å². The summed E-state index contributed by atoms with van der Waals surface area (Å²) >= 11 is 6.25. The monoisotopic (exact) mass is 418 g/mol.